The number of imide groups is 1. The van der Waals surface area contributed by atoms with Crippen LogP contribution in [0.5, 0.6) is 5.75 Å². The summed E-state index contributed by atoms with van der Waals surface area (Å²) < 4.78 is 48.1. The summed E-state index contributed by atoms with van der Waals surface area (Å²) in [6.45, 7) is 7.00. The van der Waals surface area contributed by atoms with Crippen LogP contribution >= 0.6 is 12.6 Å². The fraction of sp³-hybridized carbons (Fsp3) is 0.488. The van der Waals surface area contributed by atoms with E-state index in [0.717, 1.165) is 61.6 Å². The Balaban J connectivity index is 0.876. The van der Waals surface area contributed by atoms with Gasteiger partial charge in [-0.2, -0.15) is 18.4 Å². The zero-order valence-electron chi connectivity index (χ0n) is 33.9. The van der Waals surface area contributed by atoms with E-state index in [-0.39, 0.29) is 60.3 Å². The van der Waals surface area contributed by atoms with Crippen molar-refractivity contribution >= 4 is 59.0 Å². The number of nitrogens with one attached hydrogen (secondary N) is 3. The molecule has 14 nitrogen and oxygen atoms in total. The fourth-order valence-electron chi connectivity index (χ4n) is 9.12. The molecule has 0 radical (unpaired) electrons. The number of piperidine rings is 1. The van der Waals surface area contributed by atoms with Gasteiger partial charge in [0, 0.05) is 55.2 Å². The zero-order chi connectivity index (χ0) is 43.2. The number of amides is 4. The lowest BCUT2D eigenvalue weighted by Crippen LogP contribution is -2.58. The second-order valence-corrected chi connectivity index (χ2v) is 17.2. The average molecular weight is 860 g/mol. The molecule has 3 aliphatic heterocycles. The lowest BCUT2D eigenvalue weighted by Gasteiger charge is -2.45. The van der Waals surface area contributed by atoms with Crippen molar-refractivity contribution in [3.8, 4) is 11.8 Å². The van der Waals surface area contributed by atoms with Crippen LogP contribution in [0.1, 0.15) is 81.5 Å². The second-order valence-electron chi connectivity index (χ2n) is 16.7. The molecule has 1 aromatic heterocycles. The number of hydrogen-bond acceptors (Lipinski definition) is 12. The number of piperazine rings is 1. The zero-order valence-corrected chi connectivity index (χ0v) is 34.8. The number of thiol groups is 1. The van der Waals surface area contributed by atoms with Crippen LogP contribution in [0.25, 0.3) is 0 Å². The molecule has 5 aliphatic rings. The smallest absolute Gasteiger partial charge is 0.419 e. The number of carbonyl (C=O) groups is 4. The molecule has 5 fully saturated rings. The minimum atomic E-state index is -4.83. The molecule has 322 valence electrons. The molecule has 4 amide bonds. The highest BCUT2D eigenvalue weighted by Gasteiger charge is 2.60. The molecule has 0 bridgehead atoms. The first-order valence-electron chi connectivity index (χ1n) is 20.7. The lowest BCUT2D eigenvalue weighted by molar-refractivity contribution is -0.138. The van der Waals surface area contributed by atoms with Crippen LogP contribution in [-0.4, -0.2) is 100 Å². The minimum Gasteiger partial charge on any atom is -0.492 e. The van der Waals surface area contributed by atoms with E-state index in [0.29, 0.717) is 43.8 Å². The van der Waals surface area contributed by atoms with Crippen LogP contribution in [0.15, 0.2) is 54.7 Å². The van der Waals surface area contributed by atoms with Crippen molar-refractivity contribution in [3.05, 3.63) is 71.5 Å². The third-order valence-electron chi connectivity index (χ3n) is 12.5. The molecule has 8 rings (SSSR count). The van der Waals surface area contributed by atoms with Gasteiger partial charge < -0.3 is 20.3 Å². The molecule has 2 unspecified atom stereocenters. The van der Waals surface area contributed by atoms with E-state index in [1.165, 1.54) is 11.0 Å². The number of nitrogens with zero attached hydrogens (tertiary/aromatic N) is 6. The number of alkyl halides is 3. The van der Waals surface area contributed by atoms with Gasteiger partial charge in [-0.05, 0) is 106 Å². The summed E-state index contributed by atoms with van der Waals surface area (Å²) >= 11 is 4.83. The molecule has 2 aromatic carbocycles. The largest absolute Gasteiger partial charge is 0.492 e. The standard InChI is InChI=1S/C43H48F3N9O5S/c1-25-22-52(23-26(2)53(25)24-38(57)50-29-6-3-5-28(17-29)49-34-10-12-37(56)51-39(34)58)15-16-60-36-11-9-30(18-32(36)27-7-8-27)55-41(61)54(40(59)42(55)13-4-14-42)31-19-33(43(44,45)46)35(20-47)48-21-31/h3,5-6,9,11,17-19,21,25-27,34,41,49,61H,4,7-8,10,12-16,22-24H2,1-2H3,(H,50,57)(H,51,56,58)/t25-,26+,34?,41?. The molecule has 18 heteroatoms. The van der Waals surface area contributed by atoms with Gasteiger partial charge >= 0.3 is 6.18 Å². The highest BCUT2D eigenvalue weighted by atomic mass is 32.1. The second kappa shape index (κ2) is 16.8. The van der Waals surface area contributed by atoms with E-state index in [9.17, 15) is 37.6 Å². The Kier molecular flexibility index (Phi) is 11.7. The highest BCUT2D eigenvalue weighted by molar-refractivity contribution is 7.81. The van der Waals surface area contributed by atoms with E-state index in [2.05, 4.69) is 44.6 Å². The average Bonchev–Trinajstić information content (AvgIpc) is 4.01. The van der Waals surface area contributed by atoms with E-state index >= 15 is 0 Å². The number of aromatic nitrogens is 1. The summed E-state index contributed by atoms with van der Waals surface area (Å²) in [6.07, 6.45) is 0.793. The van der Waals surface area contributed by atoms with Gasteiger partial charge in [0.2, 0.25) is 17.7 Å². The van der Waals surface area contributed by atoms with Gasteiger partial charge in [-0.15, -0.1) is 12.6 Å². The number of nitriles is 1. The van der Waals surface area contributed by atoms with Crippen LogP contribution in [0.2, 0.25) is 0 Å². The third kappa shape index (κ3) is 8.60. The molecule has 4 heterocycles. The van der Waals surface area contributed by atoms with Gasteiger partial charge in [0.1, 0.15) is 30.0 Å². The summed E-state index contributed by atoms with van der Waals surface area (Å²) in [4.78, 5) is 62.4. The van der Waals surface area contributed by atoms with Crippen molar-refractivity contribution in [2.45, 2.75) is 100 Å². The molecule has 1 spiro atoms. The van der Waals surface area contributed by atoms with Crippen molar-refractivity contribution in [1.29, 1.82) is 5.26 Å². The summed E-state index contributed by atoms with van der Waals surface area (Å²) in [5.41, 5.74) is -0.857. The van der Waals surface area contributed by atoms with E-state index in [1.807, 2.05) is 29.2 Å². The first-order valence-corrected chi connectivity index (χ1v) is 21.2. The molecule has 3 N–H and O–H groups in total. The van der Waals surface area contributed by atoms with Crippen molar-refractivity contribution in [1.82, 2.24) is 20.1 Å². The van der Waals surface area contributed by atoms with Crippen LogP contribution in [0, 0.1) is 11.3 Å². The molecule has 3 saturated heterocycles. The molecular formula is C43H48F3N9O5S. The number of halogens is 3. The Bertz CT molecular complexity index is 2250. The Morgan fingerprint density at radius 1 is 1.03 bits per heavy atom. The monoisotopic (exact) mass is 859 g/mol. The van der Waals surface area contributed by atoms with Gasteiger partial charge in [-0.3, -0.25) is 39.2 Å². The number of pyridine rings is 1. The predicted molar refractivity (Wildman–Crippen MR) is 224 cm³/mol. The van der Waals surface area contributed by atoms with Crippen molar-refractivity contribution in [2.75, 3.05) is 53.2 Å². The van der Waals surface area contributed by atoms with Gasteiger partial charge in [0.15, 0.2) is 11.2 Å². The Morgan fingerprint density at radius 3 is 2.43 bits per heavy atom. The maximum Gasteiger partial charge on any atom is 0.419 e. The molecule has 4 atom stereocenters. The number of benzene rings is 2. The fourth-order valence-corrected chi connectivity index (χ4v) is 9.71. The van der Waals surface area contributed by atoms with Crippen LogP contribution in [0.3, 0.4) is 0 Å². The molecule has 2 saturated carbocycles. The van der Waals surface area contributed by atoms with Gasteiger partial charge in [0.25, 0.3) is 5.91 Å². The van der Waals surface area contributed by atoms with E-state index in [4.69, 9.17) is 17.4 Å². The third-order valence-corrected chi connectivity index (χ3v) is 12.9. The minimum absolute atomic E-state index is 0.0657. The molecule has 2 aliphatic carbocycles. The van der Waals surface area contributed by atoms with Crippen LogP contribution in [0.4, 0.5) is 35.9 Å². The summed E-state index contributed by atoms with van der Waals surface area (Å²) in [5, 5.41) is 17.7. The van der Waals surface area contributed by atoms with Crippen molar-refractivity contribution < 1.29 is 37.1 Å². The quantitative estimate of drug-likeness (QED) is 0.135. The van der Waals surface area contributed by atoms with Crippen LogP contribution < -0.4 is 30.5 Å². The van der Waals surface area contributed by atoms with E-state index in [1.54, 1.807) is 18.2 Å². The van der Waals surface area contributed by atoms with Gasteiger partial charge in [-0.1, -0.05) is 6.07 Å². The number of ether oxygens (including phenoxy) is 1. The maximum atomic E-state index is 14.1. The SMILES string of the molecule is C[C@@H]1CN(CCOc2ccc(N3C(S)N(c4cnc(C#N)c(C(F)(F)F)c4)C(=O)C34CCC4)cc2C2CC2)C[C@H](C)N1CC(=O)Nc1cccc(NC2CCC(=O)NC2=O)c1. The molecule has 61 heavy (non-hydrogen) atoms. The van der Waals surface area contributed by atoms with Gasteiger partial charge in [-0.25, -0.2) is 4.98 Å². The summed E-state index contributed by atoms with van der Waals surface area (Å²) in [6, 6.07) is 15.0. The van der Waals surface area contributed by atoms with Crippen molar-refractivity contribution in [2.24, 2.45) is 0 Å². The Morgan fingerprint density at radius 2 is 1.77 bits per heavy atom. The first-order chi connectivity index (χ1) is 29.1. The molecular weight excluding hydrogens is 812 g/mol. The lowest BCUT2D eigenvalue weighted by atomic mass is 9.75. The Labute approximate surface area is 357 Å². The normalized spacial score (nSPS) is 24.3. The maximum absolute atomic E-state index is 14.1. The highest BCUT2D eigenvalue weighted by Crippen LogP contribution is 2.52. The van der Waals surface area contributed by atoms with E-state index < -0.39 is 34.5 Å². The summed E-state index contributed by atoms with van der Waals surface area (Å²) in [5.74, 6) is -0.0965. The first kappa shape index (κ1) is 42.3. The summed E-state index contributed by atoms with van der Waals surface area (Å²) in [7, 11) is 0. The van der Waals surface area contributed by atoms with Gasteiger partial charge in [0.05, 0.1) is 24.0 Å². The van der Waals surface area contributed by atoms with Crippen molar-refractivity contribution in [3.63, 3.8) is 0 Å². The molecule has 3 aromatic rings. The topological polar surface area (TPSA) is 163 Å². The number of rotatable bonds is 12. The number of carbonyl (C=O) groups excluding carboxylic acids is 4. The number of hydrogen-bond donors (Lipinski definition) is 4. The Hall–Kier alpha value is -5.38. The number of anilines is 4. The predicted octanol–water partition coefficient (Wildman–Crippen LogP) is 5.47. The van der Waals surface area contributed by atoms with Crippen LogP contribution in [-0.2, 0) is 25.4 Å².